The first-order valence-electron chi connectivity index (χ1n) is 5.84. The van der Waals surface area contributed by atoms with Crippen LogP contribution in [0.25, 0.3) is 0 Å². The second kappa shape index (κ2) is 5.99. The van der Waals surface area contributed by atoms with Crippen LogP contribution in [-0.2, 0) is 4.74 Å². The summed E-state index contributed by atoms with van der Waals surface area (Å²) in [4.78, 5) is 0. The predicted molar refractivity (Wildman–Crippen MR) is 61.9 cm³/mol. The van der Waals surface area contributed by atoms with E-state index in [1.165, 1.54) is 43.7 Å². The van der Waals surface area contributed by atoms with Crippen molar-refractivity contribution in [2.45, 2.75) is 31.7 Å². The Balaban J connectivity index is 1.52. The topological polar surface area (TPSA) is 21.3 Å². The molecule has 0 spiro atoms. The van der Waals surface area contributed by atoms with Gasteiger partial charge in [0.15, 0.2) is 0 Å². The molecule has 2 aliphatic rings. The maximum atomic E-state index is 5.37. The molecule has 0 saturated carbocycles. The minimum Gasteiger partial charge on any atom is -0.381 e. The van der Waals surface area contributed by atoms with E-state index in [9.17, 15) is 0 Å². The molecule has 2 aliphatic heterocycles. The number of ether oxygens (including phenoxy) is 1. The van der Waals surface area contributed by atoms with E-state index < -0.39 is 0 Å². The zero-order chi connectivity index (χ0) is 9.64. The molecule has 2 unspecified atom stereocenters. The van der Waals surface area contributed by atoms with E-state index in [1.807, 2.05) is 0 Å². The Bertz CT molecular complexity index is 153. The van der Waals surface area contributed by atoms with E-state index in [1.54, 1.807) is 0 Å². The molecule has 0 aromatic rings. The zero-order valence-electron chi connectivity index (χ0n) is 8.84. The van der Waals surface area contributed by atoms with E-state index in [0.29, 0.717) is 0 Å². The normalized spacial score (nSPS) is 33.4. The highest BCUT2D eigenvalue weighted by Crippen LogP contribution is 2.18. The lowest BCUT2D eigenvalue weighted by Gasteiger charge is -2.23. The van der Waals surface area contributed by atoms with Crippen molar-refractivity contribution in [3.05, 3.63) is 0 Å². The summed E-state index contributed by atoms with van der Waals surface area (Å²) < 4.78 is 5.37. The van der Waals surface area contributed by atoms with Gasteiger partial charge in [0.2, 0.25) is 0 Å². The Labute approximate surface area is 91.2 Å². The third-order valence-corrected chi connectivity index (χ3v) is 4.39. The van der Waals surface area contributed by atoms with Gasteiger partial charge in [-0.15, -0.1) is 0 Å². The lowest BCUT2D eigenvalue weighted by molar-refractivity contribution is 0.184. The van der Waals surface area contributed by atoms with Crippen LogP contribution in [0.2, 0.25) is 0 Å². The first-order valence-corrected chi connectivity index (χ1v) is 6.99. The summed E-state index contributed by atoms with van der Waals surface area (Å²) in [5, 5.41) is 3.67. The molecule has 2 nitrogen and oxygen atoms in total. The molecular formula is C11H21NOS. The van der Waals surface area contributed by atoms with Gasteiger partial charge in [-0.25, -0.2) is 0 Å². The first-order chi connectivity index (χ1) is 6.95. The minimum atomic E-state index is 0.788. The third kappa shape index (κ3) is 3.44. The molecule has 0 amide bonds. The molecule has 2 heterocycles. The fourth-order valence-corrected chi connectivity index (χ4v) is 3.31. The number of thioether (sulfide) groups is 1. The van der Waals surface area contributed by atoms with Gasteiger partial charge in [-0.2, -0.15) is 11.8 Å². The number of hydrogen-bond acceptors (Lipinski definition) is 3. The van der Waals surface area contributed by atoms with Gasteiger partial charge in [0.25, 0.3) is 0 Å². The lowest BCUT2D eigenvalue weighted by Crippen LogP contribution is -2.35. The van der Waals surface area contributed by atoms with Crippen LogP contribution in [0.4, 0.5) is 0 Å². The van der Waals surface area contributed by atoms with Gasteiger partial charge < -0.3 is 10.1 Å². The predicted octanol–water partition coefficient (Wildman–Crippen LogP) is 1.90. The van der Waals surface area contributed by atoms with Crippen molar-refractivity contribution in [1.82, 2.24) is 5.32 Å². The van der Waals surface area contributed by atoms with E-state index in [0.717, 1.165) is 25.2 Å². The Morgan fingerprint density at radius 2 is 2.36 bits per heavy atom. The van der Waals surface area contributed by atoms with E-state index in [-0.39, 0.29) is 0 Å². The van der Waals surface area contributed by atoms with Gasteiger partial charge >= 0.3 is 0 Å². The number of hydrogen-bond donors (Lipinski definition) is 1. The molecule has 0 aromatic carbocycles. The summed E-state index contributed by atoms with van der Waals surface area (Å²) in [6.07, 6.45) is 5.37. The summed E-state index contributed by atoms with van der Waals surface area (Å²) in [7, 11) is 0. The quantitative estimate of drug-likeness (QED) is 0.774. The first kappa shape index (κ1) is 10.8. The van der Waals surface area contributed by atoms with Gasteiger partial charge in [-0.05, 0) is 43.9 Å². The zero-order valence-corrected chi connectivity index (χ0v) is 9.65. The molecule has 14 heavy (non-hydrogen) atoms. The van der Waals surface area contributed by atoms with Gasteiger partial charge in [0.05, 0.1) is 0 Å². The highest BCUT2D eigenvalue weighted by molar-refractivity contribution is 7.99. The summed E-state index contributed by atoms with van der Waals surface area (Å²) in [5.74, 6) is 3.52. The minimum absolute atomic E-state index is 0.788. The number of rotatable bonds is 4. The van der Waals surface area contributed by atoms with Crippen molar-refractivity contribution < 1.29 is 4.74 Å². The van der Waals surface area contributed by atoms with Crippen LogP contribution < -0.4 is 5.32 Å². The summed E-state index contributed by atoms with van der Waals surface area (Å²) in [6, 6.07) is 0.788. The standard InChI is InChI=1S/C11H21NOS/c1-2-11(9-14-7-1)12-5-3-10-4-6-13-8-10/h10-12H,1-9H2. The molecule has 3 heteroatoms. The fraction of sp³-hybridized carbons (Fsp3) is 1.00. The van der Waals surface area contributed by atoms with Crippen LogP contribution in [0.5, 0.6) is 0 Å². The van der Waals surface area contributed by atoms with Crippen LogP contribution >= 0.6 is 11.8 Å². The molecule has 2 atom stereocenters. The van der Waals surface area contributed by atoms with Crippen LogP contribution in [-0.4, -0.2) is 37.3 Å². The molecule has 2 rings (SSSR count). The van der Waals surface area contributed by atoms with Crippen molar-refractivity contribution in [2.24, 2.45) is 5.92 Å². The second-order valence-electron chi connectivity index (χ2n) is 4.39. The summed E-state index contributed by atoms with van der Waals surface area (Å²) >= 11 is 2.10. The maximum Gasteiger partial charge on any atom is 0.0495 e. The van der Waals surface area contributed by atoms with Crippen LogP contribution in [0.1, 0.15) is 25.7 Å². The van der Waals surface area contributed by atoms with Crippen LogP contribution in [0.3, 0.4) is 0 Å². The van der Waals surface area contributed by atoms with Crippen molar-refractivity contribution >= 4 is 11.8 Å². The Hall–Kier alpha value is 0.270. The van der Waals surface area contributed by atoms with Gasteiger partial charge in [-0.3, -0.25) is 0 Å². The average Bonchev–Trinajstić information content (AvgIpc) is 2.72. The molecule has 0 aliphatic carbocycles. The Kier molecular flexibility index (Phi) is 4.61. The number of nitrogens with one attached hydrogen (secondary N) is 1. The molecule has 82 valence electrons. The van der Waals surface area contributed by atoms with Crippen molar-refractivity contribution in [3.63, 3.8) is 0 Å². The SMILES string of the molecule is C1CSCC(NCCC2CCOC2)C1. The molecule has 2 saturated heterocycles. The Morgan fingerprint density at radius 3 is 3.07 bits per heavy atom. The maximum absolute atomic E-state index is 5.37. The largest absolute Gasteiger partial charge is 0.381 e. The van der Waals surface area contributed by atoms with Crippen molar-refractivity contribution in [1.29, 1.82) is 0 Å². The molecule has 2 fully saturated rings. The summed E-state index contributed by atoms with van der Waals surface area (Å²) in [5.41, 5.74) is 0. The van der Waals surface area contributed by atoms with Crippen LogP contribution in [0, 0.1) is 5.92 Å². The highest BCUT2D eigenvalue weighted by Gasteiger charge is 2.17. The smallest absolute Gasteiger partial charge is 0.0495 e. The molecule has 0 bridgehead atoms. The molecule has 0 aromatic heterocycles. The molecular weight excluding hydrogens is 194 g/mol. The third-order valence-electron chi connectivity index (χ3n) is 3.17. The van der Waals surface area contributed by atoms with Gasteiger partial charge in [-0.1, -0.05) is 0 Å². The molecule has 0 radical (unpaired) electrons. The van der Waals surface area contributed by atoms with Crippen molar-refractivity contribution in [2.75, 3.05) is 31.3 Å². The van der Waals surface area contributed by atoms with Gasteiger partial charge in [0, 0.05) is 25.0 Å². The fourth-order valence-electron chi connectivity index (χ4n) is 2.20. The lowest BCUT2D eigenvalue weighted by atomic mass is 10.0. The average molecular weight is 215 g/mol. The van der Waals surface area contributed by atoms with Gasteiger partial charge in [0.1, 0.15) is 0 Å². The highest BCUT2D eigenvalue weighted by atomic mass is 32.2. The van der Waals surface area contributed by atoms with E-state index in [2.05, 4.69) is 17.1 Å². The van der Waals surface area contributed by atoms with E-state index in [4.69, 9.17) is 4.74 Å². The Morgan fingerprint density at radius 1 is 1.36 bits per heavy atom. The second-order valence-corrected chi connectivity index (χ2v) is 5.54. The van der Waals surface area contributed by atoms with Crippen molar-refractivity contribution in [3.8, 4) is 0 Å². The van der Waals surface area contributed by atoms with E-state index >= 15 is 0 Å². The summed E-state index contributed by atoms with van der Waals surface area (Å²) in [6.45, 7) is 3.18. The monoisotopic (exact) mass is 215 g/mol. The van der Waals surface area contributed by atoms with Crippen LogP contribution in [0.15, 0.2) is 0 Å². The molecule has 1 N–H and O–H groups in total.